The van der Waals surface area contributed by atoms with Crippen molar-refractivity contribution in [2.75, 3.05) is 18.9 Å². The summed E-state index contributed by atoms with van der Waals surface area (Å²) in [6.07, 6.45) is 1.21. The van der Waals surface area contributed by atoms with E-state index in [0.717, 1.165) is 22.3 Å². The molecule has 3 aromatic heterocycles. The van der Waals surface area contributed by atoms with Gasteiger partial charge in [0.2, 0.25) is 11.8 Å². The van der Waals surface area contributed by atoms with Crippen LogP contribution in [0.4, 0.5) is 10.6 Å². The molecule has 3 heterocycles. The molecule has 0 saturated carbocycles. The second-order valence-electron chi connectivity index (χ2n) is 8.59. The number of aliphatic hydroxyl groups excluding tert-OH is 1. The first-order valence-electron chi connectivity index (χ1n) is 11.9. The molecule has 1 amide bonds. The highest BCUT2D eigenvalue weighted by atomic mass is 35.5. The van der Waals surface area contributed by atoms with Crippen LogP contribution in [0.3, 0.4) is 0 Å². The Morgan fingerprint density at radius 2 is 2.00 bits per heavy atom. The van der Waals surface area contributed by atoms with E-state index in [4.69, 9.17) is 36.3 Å². The van der Waals surface area contributed by atoms with Crippen molar-refractivity contribution in [2.24, 2.45) is 0 Å². The Labute approximate surface area is 232 Å². The smallest absolute Gasteiger partial charge is 0.412 e. The van der Waals surface area contributed by atoms with Gasteiger partial charge in [-0.05, 0) is 47.7 Å². The van der Waals surface area contributed by atoms with Gasteiger partial charge < -0.3 is 30.0 Å². The number of rotatable bonds is 9. The number of benzene rings is 2. The fourth-order valence-corrected chi connectivity index (χ4v) is 4.98. The van der Waals surface area contributed by atoms with Crippen LogP contribution in [0.15, 0.2) is 58.5 Å². The van der Waals surface area contributed by atoms with Crippen LogP contribution >= 0.6 is 22.9 Å². The zero-order chi connectivity index (χ0) is 27.4. The lowest BCUT2D eigenvalue weighted by molar-refractivity contribution is 0.196. The number of fused-ring (bicyclic) bond motifs is 1. The summed E-state index contributed by atoms with van der Waals surface area (Å²) in [7, 11) is 0. The third kappa shape index (κ3) is 6.11. The summed E-state index contributed by atoms with van der Waals surface area (Å²) in [5, 5.41) is 22.9. The van der Waals surface area contributed by atoms with Crippen molar-refractivity contribution in [3.8, 4) is 23.0 Å². The number of aromatic nitrogens is 3. The number of nitrogen functional groups attached to an aromatic ring is 1. The molecule has 0 atom stereocenters. The van der Waals surface area contributed by atoms with E-state index < -0.39 is 6.09 Å². The molecule has 0 aliphatic carbocycles. The molecule has 200 valence electrons. The predicted octanol–water partition coefficient (Wildman–Crippen LogP) is 5.14. The molecule has 0 bridgehead atoms. The molecule has 0 saturated heterocycles. The molecule has 4 N–H and O–H groups in total. The fourth-order valence-electron chi connectivity index (χ4n) is 3.84. The number of nitrogens with zero attached hydrogens (tertiary/aromatic N) is 3. The number of thiophene rings is 1. The number of amides is 1. The zero-order valence-electron chi connectivity index (χ0n) is 20.8. The van der Waals surface area contributed by atoms with Gasteiger partial charge in [0.25, 0.3) is 0 Å². The van der Waals surface area contributed by atoms with E-state index in [1.807, 2.05) is 54.8 Å². The molecule has 0 aliphatic rings. The van der Waals surface area contributed by atoms with Crippen molar-refractivity contribution in [2.45, 2.75) is 20.0 Å². The zero-order valence-corrected chi connectivity index (χ0v) is 22.4. The Balaban J connectivity index is 1.32. The molecule has 12 heteroatoms. The van der Waals surface area contributed by atoms with Crippen LogP contribution in [0.1, 0.15) is 22.6 Å². The number of nitrogens with one attached hydrogen (secondary N) is 1. The monoisotopic (exact) mass is 565 g/mol. The molecule has 0 unspecified atom stereocenters. The number of nitrogens with two attached hydrogens (primary N) is 1. The van der Waals surface area contributed by atoms with Gasteiger partial charge in [0.1, 0.15) is 18.2 Å². The molecule has 0 spiro atoms. The number of aliphatic hydroxyl groups is 1. The van der Waals surface area contributed by atoms with Gasteiger partial charge in [-0.1, -0.05) is 29.8 Å². The van der Waals surface area contributed by atoms with Crippen LogP contribution < -0.4 is 20.5 Å². The van der Waals surface area contributed by atoms with E-state index in [2.05, 4.69) is 20.5 Å². The number of aryl methyl sites for hydroxylation is 1. The predicted molar refractivity (Wildman–Crippen MR) is 148 cm³/mol. The minimum Gasteiger partial charge on any atom is -0.489 e. The van der Waals surface area contributed by atoms with Gasteiger partial charge >= 0.3 is 6.09 Å². The number of carbonyl (C=O) groups excluding carboxylic acids is 1. The van der Waals surface area contributed by atoms with Gasteiger partial charge in [-0.3, -0.25) is 0 Å². The lowest BCUT2D eigenvalue weighted by Crippen LogP contribution is -2.29. The van der Waals surface area contributed by atoms with E-state index in [0.29, 0.717) is 44.9 Å². The van der Waals surface area contributed by atoms with Gasteiger partial charge in [0.05, 0.1) is 23.9 Å². The molecule has 5 rings (SSSR count). The molecule has 10 nitrogen and oxygen atoms in total. The summed E-state index contributed by atoms with van der Waals surface area (Å²) in [6, 6.07) is 13.2. The Morgan fingerprint density at radius 1 is 1.18 bits per heavy atom. The van der Waals surface area contributed by atoms with Crippen molar-refractivity contribution in [1.82, 2.24) is 20.5 Å². The summed E-state index contributed by atoms with van der Waals surface area (Å²) >= 11 is 7.33. The number of pyridine rings is 1. The summed E-state index contributed by atoms with van der Waals surface area (Å²) in [4.78, 5) is 16.1. The van der Waals surface area contributed by atoms with Crippen molar-refractivity contribution in [3.63, 3.8) is 0 Å². The fraction of sp³-hybridized carbons (Fsp3) is 0.185. The average Bonchev–Trinajstić information content (AvgIpc) is 3.58. The molecule has 39 heavy (non-hydrogen) atoms. The number of ether oxygens (including phenoxy) is 2. The maximum Gasteiger partial charge on any atom is 0.412 e. The molecule has 0 fully saturated rings. The third-order valence-electron chi connectivity index (χ3n) is 5.81. The van der Waals surface area contributed by atoms with Crippen LogP contribution in [-0.2, 0) is 13.0 Å². The van der Waals surface area contributed by atoms with Crippen LogP contribution in [-0.4, -0.2) is 39.5 Å². The number of halogens is 1. The number of anilines is 1. The van der Waals surface area contributed by atoms with Crippen LogP contribution in [0.2, 0.25) is 5.02 Å². The first-order chi connectivity index (χ1) is 18.9. The summed E-state index contributed by atoms with van der Waals surface area (Å²) < 4.78 is 18.1. The number of carbonyl (C=O) groups is 1. The maximum atomic E-state index is 12.0. The lowest BCUT2D eigenvalue weighted by Gasteiger charge is -2.11. The third-order valence-corrected chi connectivity index (χ3v) is 7.10. The molecular formula is C27H24ClN5O5S. The Kier molecular flexibility index (Phi) is 7.92. The lowest BCUT2D eigenvalue weighted by atomic mass is 10.1. The van der Waals surface area contributed by atoms with Crippen molar-refractivity contribution in [1.29, 1.82) is 0 Å². The van der Waals surface area contributed by atoms with E-state index in [1.54, 1.807) is 0 Å². The van der Waals surface area contributed by atoms with Crippen LogP contribution in [0, 0.1) is 6.92 Å². The Morgan fingerprint density at radius 3 is 2.79 bits per heavy atom. The molecule has 0 radical (unpaired) electrons. The maximum absolute atomic E-state index is 12.0. The standard InChI is InChI=1S/C27H24ClN5O5S/c1-15-2-5-17(26-33-32-22(38-26)10-16-3-6-19(28)7-4-16)11-20(15)36-13-18-14-39-24-21(12-31-25(29)23(18)24)37-27(35)30-8-9-34/h2-7,11-12,14,34H,8-10,13H2,1H3,(H2,29,31)(H,30,35). The molecular weight excluding hydrogens is 542 g/mol. The second kappa shape index (κ2) is 11.7. The summed E-state index contributed by atoms with van der Waals surface area (Å²) in [6.45, 7) is 2.04. The van der Waals surface area contributed by atoms with E-state index >= 15 is 0 Å². The summed E-state index contributed by atoms with van der Waals surface area (Å²) in [5.41, 5.74) is 9.63. The van der Waals surface area contributed by atoms with Gasteiger partial charge in [0, 0.05) is 28.1 Å². The van der Waals surface area contributed by atoms with E-state index in [-0.39, 0.29) is 25.5 Å². The van der Waals surface area contributed by atoms with Crippen molar-refractivity contribution in [3.05, 3.63) is 81.6 Å². The molecule has 0 aliphatic heterocycles. The normalized spacial score (nSPS) is 11.1. The first kappa shape index (κ1) is 26.4. The SMILES string of the molecule is Cc1ccc(-c2nnc(Cc3ccc(Cl)cc3)o2)cc1OCc1csc2c(OC(=O)NCCO)cnc(N)c12. The topological polar surface area (TPSA) is 146 Å². The summed E-state index contributed by atoms with van der Waals surface area (Å²) in [5.74, 6) is 2.10. The highest BCUT2D eigenvalue weighted by Gasteiger charge is 2.17. The first-order valence-corrected chi connectivity index (χ1v) is 13.2. The van der Waals surface area contributed by atoms with Gasteiger partial charge in [-0.25, -0.2) is 9.78 Å². The second-order valence-corrected chi connectivity index (χ2v) is 9.90. The minimum absolute atomic E-state index is 0.0829. The van der Waals surface area contributed by atoms with Gasteiger partial charge in [-0.2, -0.15) is 0 Å². The van der Waals surface area contributed by atoms with Gasteiger partial charge in [-0.15, -0.1) is 21.5 Å². The van der Waals surface area contributed by atoms with Gasteiger partial charge in [0.15, 0.2) is 5.75 Å². The highest BCUT2D eigenvalue weighted by Crippen LogP contribution is 2.37. The van der Waals surface area contributed by atoms with Crippen LogP contribution in [0.5, 0.6) is 11.5 Å². The average molecular weight is 566 g/mol. The van der Waals surface area contributed by atoms with Crippen molar-refractivity contribution < 1.29 is 23.8 Å². The Bertz CT molecular complexity index is 1620. The largest absolute Gasteiger partial charge is 0.489 e. The number of hydrogen-bond acceptors (Lipinski definition) is 10. The quantitative estimate of drug-likeness (QED) is 0.221. The van der Waals surface area contributed by atoms with Crippen molar-refractivity contribution >= 4 is 44.9 Å². The number of hydrogen-bond donors (Lipinski definition) is 3. The highest BCUT2D eigenvalue weighted by molar-refractivity contribution is 7.17. The Hall–Kier alpha value is -4.19. The van der Waals surface area contributed by atoms with E-state index in [1.165, 1.54) is 17.5 Å². The van der Waals surface area contributed by atoms with Crippen LogP contribution in [0.25, 0.3) is 21.5 Å². The molecule has 5 aromatic rings. The minimum atomic E-state index is -0.687. The van der Waals surface area contributed by atoms with E-state index in [9.17, 15) is 4.79 Å². The molecule has 2 aromatic carbocycles.